The average molecular weight is 269 g/mol. The van der Waals surface area contributed by atoms with E-state index in [0.29, 0.717) is 12.8 Å². The van der Waals surface area contributed by atoms with Crippen molar-refractivity contribution in [3.8, 4) is 0 Å². The highest BCUT2D eigenvalue weighted by Gasteiger charge is 2.37. The second-order valence-electron chi connectivity index (χ2n) is 6.79. The van der Waals surface area contributed by atoms with Gasteiger partial charge in [0.05, 0.1) is 6.42 Å². The number of carbonyl (C=O) groups is 3. The molecule has 0 aliphatic carbocycles. The van der Waals surface area contributed by atoms with Crippen LogP contribution in [0.3, 0.4) is 0 Å². The molecule has 0 atom stereocenters. The Hall–Kier alpha value is -1.39. The molecule has 1 rings (SSSR count). The molecule has 0 aromatic carbocycles. The summed E-state index contributed by atoms with van der Waals surface area (Å²) in [7, 11) is 0. The number of nitrogens with zero attached hydrogens (tertiary/aromatic N) is 1. The van der Waals surface area contributed by atoms with Crippen LogP contribution in [0.1, 0.15) is 53.9 Å². The van der Waals surface area contributed by atoms with Crippen LogP contribution in [0.25, 0.3) is 0 Å². The van der Waals surface area contributed by atoms with Crippen molar-refractivity contribution < 1.29 is 19.1 Å². The third-order valence-corrected chi connectivity index (χ3v) is 2.82. The molecule has 1 heterocycles. The zero-order valence-corrected chi connectivity index (χ0v) is 12.4. The van der Waals surface area contributed by atoms with E-state index in [-0.39, 0.29) is 30.2 Å². The number of carbonyl (C=O) groups excluding carboxylic acids is 3. The summed E-state index contributed by atoms with van der Waals surface area (Å²) in [4.78, 5) is 36.5. The first-order chi connectivity index (χ1) is 8.50. The maximum atomic E-state index is 11.9. The first-order valence-corrected chi connectivity index (χ1v) is 6.55. The van der Waals surface area contributed by atoms with Crippen LogP contribution >= 0.6 is 0 Å². The summed E-state index contributed by atoms with van der Waals surface area (Å²) < 4.78 is 5.15. The van der Waals surface area contributed by atoms with Crippen molar-refractivity contribution in [2.24, 2.45) is 5.41 Å². The van der Waals surface area contributed by atoms with Crippen molar-refractivity contribution >= 4 is 17.8 Å². The van der Waals surface area contributed by atoms with Gasteiger partial charge in [-0.2, -0.15) is 0 Å². The van der Waals surface area contributed by atoms with Crippen molar-refractivity contribution in [1.82, 2.24) is 4.90 Å². The molecule has 2 amide bonds. The molecule has 1 aliphatic rings. The third kappa shape index (κ3) is 5.01. The van der Waals surface area contributed by atoms with Crippen LogP contribution in [0.4, 0.5) is 0 Å². The molecule has 1 fully saturated rings. The predicted molar refractivity (Wildman–Crippen MR) is 70.2 cm³/mol. The lowest BCUT2D eigenvalue weighted by Crippen LogP contribution is -2.47. The van der Waals surface area contributed by atoms with E-state index in [1.54, 1.807) is 20.8 Å². The summed E-state index contributed by atoms with van der Waals surface area (Å²) in [5.41, 5.74) is -0.828. The van der Waals surface area contributed by atoms with Gasteiger partial charge in [-0.3, -0.25) is 19.3 Å². The van der Waals surface area contributed by atoms with Gasteiger partial charge in [-0.1, -0.05) is 13.8 Å². The summed E-state index contributed by atoms with van der Waals surface area (Å²) in [5, 5.41) is 0. The van der Waals surface area contributed by atoms with E-state index in [0.717, 1.165) is 0 Å². The zero-order chi connectivity index (χ0) is 14.8. The van der Waals surface area contributed by atoms with Crippen LogP contribution in [0.15, 0.2) is 0 Å². The molecule has 0 radical (unpaired) electrons. The van der Waals surface area contributed by atoms with Crippen LogP contribution < -0.4 is 0 Å². The molecule has 1 aliphatic heterocycles. The zero-order valence-electron chi connectivity index (χ0n) is 12.4. The van der Waals surface area contributed by atoms with E-state index >= 15 is 0 Å². The van der Waals surface area contributed by atoms with E-state index in [1.807, 2.05) is 13.8 Å². The standard InChI is InChI=1S/C14H23NO4/c1-13(2,3)19-12(18)6-7-15-10(16)8-14(4,5)9-11(15)17/h6-9H2,1-5H3. The van der Waals surface area contributed by atoms with Gasteiger partial charge >= 0.3 is 5.97 Å². The quantitative estimate of drug-likeness (QED) is 0.580. The molecule has 0 N–H and O–H groups in total. The molecule has 19 heavy (non-hydrogen) atoms. The number of hydrogen-bond donors (Lipinski definition) is 0. The highest BCUT2D eigenvalue weighted by Crippen LogP contribution is 2.31. The van der Waals surface area contributed by atoms with Gasteiger partial charge in [-0.15, -0.1) is 0 Å². The number of hydrogen-bond acceptors (Lipinski definition) is 4. The Bertz CT molecular complexity index is 373. The Balaban J connectivity index is 2.52. The van der Waals surface area contributed by atoms with Gasteiger partial charge in [0, 0.05) is 19.4 Å². The van der Waals surface area contributed by atoms with Gasteiger partial charge in [-0.05, 0) is 26.2 Å². The van der Waals surface area contributed by atoms with Crippen LogP contribution in [-0.4, -0.2) is 34.8 Å². The minimum atomic E-state index is -0.547. The topological polar surface area (TPSA) is 63.7 Å². The molecule has 0 spiro atoms. The van der Waals surface area contributed by atoms with Crippen LogP contribution in [0, 0.1) is 5.41 Å². The fourth-order valence-electron chi connectivity index (χ4n) is 2.06. The Morgan fingerprint density at radius 2 is 1.68 bits per heavy atom. The number of imide groups is 1. The summed E-state index contributed by atoms with van der Waals surface area (Å²) in [5.74, 6) is -0.799. The number of amides is 2. The minimum Gasteiger partial charge on any atom is -0.460 e. The van der Waals surface area contributed by atoms with Crippen molar-refractivity contribution in [2.45, 2.75) is 59.5 Å². The summed E-state index contributed by atoms with van der Waals surface area (Å²) in [6.07, 6.45) is 0.731. The maximum absolute atomic E-state index is 11.9. The SMILES string of the molecule is CC1(C)CC(=O)N(CCC(=O)OC(C)(C)C)C(=O)C1. The van der Waals surface area contributed by atoms with Crippen LogP contribution in [-0.2, 0) is 19.1 Å². The Labute approximate surface area is 114 Å². The number of piperidine rings is 1. The molecule has 0 saturated carbocycles. The van der Waals surface area contributed by atoms with E-state index in [1.165, 1.54) is 4.90 Å². The summed E-state index contributed by atoms with van der Waals surface area (Å²) in [6.45, 7) is 9.25. The molecule has 5 heteroatoms. The third-order valence-electron chi connectivity index (χ3n) is 2.82. The normalized spacial score (nSPS) is 19.5. The number of rotatable bonds is 3. The molecule has 1 saturated heterocycles. The Kier molecular flexibility index (Phi) is 4.38. The molecular weight excluding hydrogens is 246 g/mol. The smallest absolute Gasteiger partial charge is 0.308 e. The Morgan fingerprint density at radius 1 is 1.21 bits per heavy atom. The van der Waals surface area contributed by atoms with Crippen molar-refractivity contribution in [1.29, 1.82) is 0 Å². The number of esters is 1. The predicted octanol–water partition coefficient (Wildman–Crippen LogP) is 1.89. The molecule has 0 unspecified atom stereocenters. The molecular formula is C14H23NO4. The van der Waals surface area contributed by atoms with Crippen molar-refractivity contribution in [2.75, 3.05) is 6.54 Å². The highest BCUT2D eigenvalue weighted by molar-refractivity contribution is 5.98. The second kappa shape index (κ2) is 5.31. The van der Waals surface area contributed by atoms with Gasteiger partial charge in [0.15, 0.2) is 0 Å². The fourth-order valence-corrected chi connectivity index (χ4v) is 2.06. The first kappa shape index (κ1) is 15.7. The van der Waals surface area contributed by atoms with Crippen molar-refractivity contribution in [3.05, 3.63) is 0 Å². The molecule has 0 aromatic heterocycles. The molecule has 108 valence electrons. The van der Waals surface area contributed by atoms with Gasteiger partial charge in [0.1, 0.15) is 5.60 Å². The minimum absolute atomic E-state index is 0.0508. The van der Waals surface area contributed by atoms with Crippen LogP contribution in [0.5, 0.6) is 0 Å². The van der Waals surface area contributed by atoms with Gasteiger partial charge in [-0.25, -0.2) is 0 Å². The number of likely N-dealkylation sites (tertiary alicyclic amines) is 1. The van der Waals surface area contributed by atoms with E-state index < -0.39 is 11.6 Å². The lowest BCUT2D eigenvalue weighted by atomic mass is 9.82. The van der Waals surface area contributed by atoms with Gasteiger partial charge in [0.2, 0.25) is 11.8 Å². The second-order valence-corrected chi connectivity index (χ2v) is 6.79. The van der Waals surface area contributed by atoms with Crippen LogP contribution in [0.2, 0.25) is 0 Å². The largest absolute Gasteiger partial charge is 0.460 e. The monoisotopic (exact) mass is 269 g/mol. The van der Waals surface area contributed by atoms with Gasteiger partial charge in [0.25, 0.3) is 0 Å². The van der Waals surface area contributed by atoms with Gasteiger partial charge < -0.3 is 4.74 Å². The Morgan fingerprint density at radius 3 is 2.11 bits per heavy atom. The number of ether oxygens (including phenoxy) is 1. The lowest BCUT2D eigenvalue weighted by molar-refractivity contribution is -0.157. The molecule has 0 bridgehead atoms. The lowest BCUT2D eigenvalue weighted by Gasteiger charge is -2.34. The first-order valence-electron chi connectivity index (χ1n) is 6.55. The molecule has 0 aromatic rings. The fraction of sp³-hybridized carbons (Fsp3) is 0.786. The van der Waals surface area contributed by atoms with E-state index in [4.69, 9.17) is 4.74 Å². The van der Waals surface area contributed by atoms with Crippen molar-refractivity contribution in [3.63, 3.8) is 0 Å². The summed E-state index contributed by atoms with van der Waals surface area (Å²) in [6, 6.07) is 0. The molecule has 5 nitrogen and oxygen atoms in total. The maximum Gasteiger partial charge on any atom is 0.308 e. The summed E-state index contributed by atoms with van der Waals surface area (Å²) >= 11 is 0. The average Bonchev–Trinajstić information content (AvgIpc) is 2.10. The van der Waals surface area contributed by atoms with E-state index in [2.05, 4.69) is 0 Å². The van der Waals surface area contributed by atoms with E-state index in [9.17, 15) is 14.4 Å². The highest BCUT2D eigenvalue weighted by atomic mass is 16.6.